The highest BCUT2D eigenvalue weighted by Gasteiger charge is 2.19. The first kappa shape index (κ1) is 16.8. The monoisotopic (exact) mass is 362 g/mol. The predicted molar refractivity (Wildman–Crippen MR) is 103 cm³/mol. The summed E-state index contributed by atoms with van der Waals surface area (Å²) in [5.41, 5.74) is 4.32. The highest BCUT2D eigenvalue weighted by atomic mass is 16.5. The van der Waals surface area contributed by atoms with Crippen molar-refractivity contribution in [1.29, 1.82) is 0 Å². The minimum absolute atomic E-state index is 0.205. The molecule has 136 valence electrons. The van der Waals surface area contributed by atoms with Crippen molar-refractivity contribution in [3.05, 3.63) is 60.4 Å². The van der Waals surface area contributed by atoms with Gasteiger partial charge in [-0.25, -0.2) is 14.8 Å². The van der Waals surface area contributed by atoms with E-state index in [-0.39, 0.29) is 6.10 Å². The smallest absolute Gasteiger partial charge is 0.409 e. The van der Waals surface area contributed by atoms with Crippen LogP contribution in [-0.4, -0.2) is 27.3 Å². The fraction of sp³-hybridized carbons (Fsp3) is 0.150. The van der Waals surface area contributed by atoms with Crippen molar-refractivity contribution in [3.63, 3.8) is 0 Å². The molecule has 0 saturated carbocycles. The molecule has 3 N–H and O–H groups in total. The van der Waals surface area contributed by atoms with Crippen LogP contribution in [0, 0.1) is 0 Å². The third-order valence-electron chi connectivity index (χ3n) is 4.27. The Kier molecular flexibility index (Phi) is 4.33. The van der Waals surface area contributed by atoms with E-state index in [0.29, 0.717) is 11.5 Å². The second kappa shape index (κ2) is 6.95. The Hall–Kier alpha value is -3.61. The standard InChI is InChI=1S/C20H18N4O3/c1-12-8-14-9-13(2-7-18(14)27-12)17-10-19(22-11-21-17)23-15-3-5-16(6-4-15)24-20(25)26/h2-7,9-12,24H,8H2,1H3,(H,25,26)(H,21,22,23). The molecule has 7 nitrogen and oxygen atoms in total. The number of hydrogen-bond donors (Lipinski definition) is 3. The molecule has 1 aromatic heterocycles. The minimum atomic E-state index is -1.09. The molecule has 1 aliphatic heterocycles. The highest BCUT2D eigenvalue weighted by molar-refractivity contribution is 5.83. The predicted octanol–water partition coefficient (Wildman–Crippen LogP) is 4.30. The lowest BCUT2D eigenvalue weighted by Crippen LogP contribution is -2.06. The van der Waals surface area contributed by atoms with Crippen molar-refractivity contribution in [2.45, 2.75) is 19.4 Å². The minimum Gasteiger partial charge on any atom is -0.490 e. The SMILES string of the molecule is CC1Cc2cc(-c3cc(Nc4ccc(NC(=O)O)cc4)ncn3)ccc2O1. The van der Waals surface area contributed by atoms with Gasteiger partial charge in [-0.3, -0.25) is 5.32 Å². The van der Waals surface area contributed by atoms with Gasteiger partial charge in [-0.05, 0) is 55.0 Å². The summed E-state index contributed by atoms with van der Waals surface area (Å²) in [7, 11) is 0. The number of aromatic nitrogens is 2. The number of benzene rings is 2. The summed E-state index contributed by atoms with van der Waals surface area (Å²) in [5.74, 6) is 1.60. The molecule has 1 atom stereocenters. The molecule has 1 amide bonds. The van der Waals surface area contributed by atoms with Crippen molar-refractivity contribution in [2.75, 3.05) is 10.6 Å². The van der Waals surface area contributed by atoms with Gasteiger partial charge in [-0.1, -0.05) is 0 Å². The van der Waals surface area contributed by atoms with Crippen LogP contribution in [-0.2, 0) is 6.42 Å². The lowest BCUT2D eigenvalue weighted by molar-refractivity contribution is 0.209. The normalized spacial score (nSPS) is 14.9. The number of nitrogens with zero attached hydrogens (tertiary/aromatic N) is 2. The lowest BCUT2D eigenvalue weighted by atomic mass is 10.0. The largest absolute Gasteiger partial charge is 0.490 e. The maximum atomic E-state index is 10.7. The number of anilines is 3. The first-order chi connectivity index (χ1) is 13.1. The van der Waals surface area contributed by atoms with Crippen molar-refractivity contribution in [1.82, 2.24) is 9.97 Å². The number of amides is 1. The van der Waals surface area contributed by atoms with Gasteiger partial charge in [0.1, 0.15) is 24.0 Å². The number of rotatable bonds is 4. The molecule has 1 aliphatic rings. The molecule has 0 spiro atoms. The quantitative estimate of drug-likeness (QED) is 0.640. The Labute approximate surface area is 156 Å². The van der Waals surface area contributed by atoms with E-state index in [1.807, 2.05) is 18.2 Å². The van der Waals surface area contributed by atoms with E-state index in [0.717, 1.165) is 29.1 Å². The Balaban J connectivity index is 1.53. The van der Waals surface area contributed by atoms with Gasteiger partial charge >= 0.3 is 6.09 Å². The third kappa shape index (κ3) is 3.82. The van der Waals surface area contributed by atoms with Crippen LogP contribution in [0.3, 0.4) is 0 Å². The molecule has 1 unspecified atom stereocenters. The molecular weight excluding hydrogens is 344 g/mol. The molecule has 7 heteroatoms. The summed E-state index contributed by atoms with van der Waals surface area (Å²) in [6.45, 7) is 2.06. The Bertz CT molecular complexity index is 989. The van der Waals surface area contributed by atoms with E-state index in [1.165, 1.54) is 11.9 Å². The van der Waals surface area contributed by atoms with Crippen LogP contribution in [0.25, 0.3) is 11.3 Å². The van der Waals surface area contributed by atoms with Gasteiger partial charge in [0.25, 0.3) is 0 Å². The van der Waals surface area contributed by atoms with Gasteiger partial charge in [0.15, 0.2) is 0 Å². The van der Waals surface area contributed by atoms with E-state index < -0.39 is 6.09 Å². The number of fused-ring (bicyclic) bond motifs is 1. The summed E-state index contributed by atoms with van der Waals surface area (Å²) in [4.78, 5) is 19.3. The Morgan fingerprint density at radius 2 is 1.89 bits per heavy atom. The molecular formula is C20H18N4O3. The fourth-order valence-corrected chi connectivity index (χ4v) is 3.07. The highest BCUT2D eigenvalue weighted by Crippen LogP contribution is 2.32. The second-order valence-electron chi connectivity index (χ2n) is 6.38. The van der Waals surface area contributed by atoms with Gasteiger partial charge in [0, 0.05) is 29.4 Å². The molecule has 27 heavy (non-hydrogen) atoms. The van der Waals surface area contributed by atoms with E-state index in [9.17, 15) is 4.79 Å². The molecule has 0 aliphatic carbocycles. The zero-order chi connectivity index (χ0) is 18.8. The molecule has 0 bridgehead atoms. The number of carboxylic acid groups (broad SMARTS) is 1. The first-order valence-corrected chi connectivity index (χ1v) is 8.56. The topological polar surface area (TPSA) is 96.4 Å². The summed E-state index contributed by atoms with van der Waals surface area (Å²) in [6, 6.07) is 14.9. The van der Waals surface area contributed by atoms with Gasteiger partial charge in [-0.2, -0.15) is 0 Å². The summed E-state index contributed by atoms with van der Waals surface area (Å²) in [5, 5.41) is 14.2. The van der Waals surface area contributed by atoms with E-state index in [1.54, 1.807) is 24.3 Å². The number of carbonyl (C=O) groups is 1. The summed E-state index contributed by atoms with van der Waals surface area (Å²) in [6.07, 6.45) is 1.53. The Morgan fingerprint density at radius 1 is 1.11 bits per heavy atom. The van der Waals surface area contributed by atoms with Crippen molar-refractivity contribution in [3.8, 4) is 17.0 Å². The number of ether oxygens (including phenoxy) is 1. The average molecular weight is 362 g/mol. The van der Waals surface area contributed by atoms with Crippen LogP contribution in [0.15, 0.2) is 54.9 Å². The summed E-state index contributed by atoms with van der Waals surface area (Å²) < 4.78 is 5.75. The zero-order valence-corrected chi connectivity index (χ0v) is 14.6. The van der Waals surface area contributed by atoms with Crippen molar-refractivity contribution in [2.24, 2.45) is 0 Å². The molecule has 2 aromatic carbocycles. The summed E-state index contributed by atoms with van der Waals surface area (Å²) >= 11 is 0. The third-order valence-corrected chi connectivity index (χ3v) is 4.27. The van der Waals surface area contributed by atoms with Crippen molar-refractivity contribution < 1.29 is 14.6 Å². The molecule has 3 aromatic rings. The van der Waals surface area contributed by atoms with E-state index in [2.05, 4.69) is 33.6 Å². The van der Waals surface area contributed by atoms with E-state index in [4.69, 9.17) is 9.84 Å². The average Bonchev–Trinajstić information content (AvgIpc) is 3.02. The molecule has 2 heterocycles. The maximum Gasteiger partial charge on any atom is 0.409 e. The maximum absolute atomic E-state index is 10.7. The molecule has 0 fully saturated rings. The van der Waals surface area contributed by atoms with Crippen LogP contribution >= 0.6 is 0 Å². The Morgan fingerprint density at radius 3 is 2.67 bits per heavy atom. The molecule has 4 rings (SSSR count). The van der Waals surface area contributed by atoms with Gasteiger partial charge in [0.2, 0.25) is 0 Å². The number of nitrogens with one attached hydrogen (secondary N) is 2. The number of hydrogen-bond acceptors (Lipinski definition) is 5. The lowest BCUT2D eigenvalue weighted by Gasteiger charge is -2.09. The van der Waals surface area contributed by atoms with Crippen LogP contribution in [0.2, 0.25) is 0 Å². The zero-order valence-electron chi connectivity index (χ0n) is 14.6. The van der Waals surface area contributed by atoms with Gasteiger partial charge < -0.3 is 15.2 Å². The molecule has 0 saturated heterocycles. The second-order valence-corrected chi connectivity index (χ2v) is 6.38. The van der Waals surface area contributed by atoms with Crippen LogP contribution in [0.5, 0.6) is 5.75 Å². The first-order valence-electron chi connectivity index (χ1n) is 8.56. The molecule has 0 radical (unpaired) electrons. The van der Waals surface area contributed by atoms with Gasteiger partial charge in [-0.15, -0.1) is 0 Å². The van der Waals surface area contributed by atoms with E-state index >= 15 is 0 Å². The van der Waals surface area contributed by atoms with Crippen molar-refractivity contribution >= 4 is 23.3 Å². The van der Waals surface area contributed by atoms with Crippen LogP contribution < -0.4 is 15.4 Å². The fourth-order valence-electron chi connectivity index (χ4n) is 3.07. The van der Waals surface area contributed by atoms with Crippen LogP contribution in [0.4, 0.5) is 22.0 Å². The van der Waals surface area contributed by atoms with Gasteiger partial charge in [0.05, 0.1) is 5.69 Å². The van der Waals surface area contributed by atoms with Crippen LogP contribution in [0.1, 0.15) is 12.5 Å².